The second kappa shape index (κ2) is 5.16. The van der Waals surface area contributed by atoms with Crippen LogP contribution in [0.15, 0.2) is 22.0 Å². The molecule has 90 valence electrons. The van der Waals surface area contributed by atoms with E-state index in [1.165, 1.54) is 39.9 Å². The van der Waals surface area contributed by atoms with Crippen LogP contribution in [0.25, 0.3) is 0 Å². The normalized spacial score (nSPS) is 16.8. The van der Waals surface area contributed by atoms with Crippen LogP contribution in [0, 0.1) is 0 Å². The summed E-state index contributed by atoms with van der Waals surface area (Å²) in [5.74, 6) is 0. The number of aryl methyl sites for hydroxylation is 2. The molecular formula is C13H12Br2S2. The van der Waals surface area contributed by atoms with Gasteiger partial charge in [-0.15, -0.1) is 22.7 Å². The van der Waals surface area contributed by atoms with Crippen LogP contribution < -0.4 is 0 Å². The van der Waals surface area contributed by atoms with Crippen molar-refractivity contribution >= 4 is 54.5 Å². The van der Waals surface area contributed by atoms with Gasteiger partial charge < -0.3 is 0 Å². The second-order valence-corrected chi connectivity index (χ2v) is 8.19. The molecule has 1 aliphatic carbocycles. The van der Waals surface area contributed by atoms with Crippen molar-refractivity contribution in [2.24, 2.45) is 0 Å². The van der Waals surface area contributed by atoms with Crippen LogP contribution in [-0.2, 0) is 12.8 Å². The van der Waals surface area contributed by atoms with Crippen molar-refractivity contribution < 1.29 is 0 Å². The molecular weight excluding hydrogens is 380 g/mol. The fraction of sp³-hybridized carbons (Fsp3) is 0.385. The minimum atomic E-state index is 0.354. The lowest BCUT2D eigenvalue weighted by Gasteiger charge is -2.08. The maximum Gasteiger partial charge on any atom is 0.0842 e. The van der Waals surface area contributed by atoms with E-state index >= 15 is 0 Å². The Labute approximate surface area is 126 Å². The van der Waals surface area contributed by atoms with E-state index in [0.717, 1.165) is 0 Å². The number of halogens is 2. The van der Waals surface area contributed by atoms with Gasteiger partial charge >= 0.3 is 0 Å². The molecule has 0 fully saturated rings. The Balaban J connectivity index is 1.94. The van der Waals surface area contributed by atoms with Gasteiger partial charge in [0, 0.05) is 19.1 Å². The number of alkyl halides is 1. The van der Waals surface area contributed by atoms with Crippen LogP contribution in [-0.4, -0.2) is 0 Å². The highest BCUT2D eigenvalue weighted by molar-refractivity contribution is 9.11. The quantitative estimate of drug-likeness (QED) is 0.556. The first-order valence-electron chi connectivity index (χ1n) is 5.74. The lowest BCUT2D eigenvalue weighted by atomic mass is 9.99. The Morgan fingerprint density at radius 2 is 2.06 bits per heavy atom. The van der Waals surface area contributed by atoms with Gasteiger partial charge in [0.25, 0.3) is 0 Å². The smallest absolute Gasteiger partial charge is 0.0842 e. The molecule has 0 nitrogen and oxygen atoms in total. The molecule has 1 unspecified atom stereocenters. The van der Waals surface area contributed by atoms with E-state index in [4.69, 9.17) is 0 Å². The first-order chi connectivity index (χ1) is 8.25. The predicted octanol–water partition coefficient (Wildman–Crippen LogP) is 5.94. The monoisotopic (exact) mass is 390 g/mol. The van der Waals surface area contributed by atoms with E-state index in [-0.39, 0.29) is 0 Å². The molecule has 0 amide bonds. The fourth-order valence-corrected chi connectivity index (χ4v) is 6.46. The topological polar surface area (TPSA) is 0 Å². The molecule has 0 aliphatic heterocycles. The molecule has 0 bridgehead atoms. The van der Waals surface area contributed by atoms with Crippen LogP contribution in [0.1, 0.15) is 37.9 Å². The maximum atomic E-state index is 3.84. The summed E-state index contributed by atoms with van der Waals surface area (Å²) < 4.78 is 1.22. The zero-order valence-electron chi connectivity index (χ0n) is 9.21. The number of rotatable bonds is 2. The average molecular weight is 392 g/mol. The highest BCUT2D eigenvalue weighted by Crippen LogP contribution is 2.43. The lowest BCUT2D eigenvalue weighted by molar-refractivity contribution is 0.697. The zero-order chi connectivity index (χ0) is 11.8. The molecule has 0 aromatic carbocycles. The van der Waals surface area contributed by atoms with Gasteiger partial charge in [0.2, 0.25) is 0 Å². The van der Waals surface area contributed by atoms with E-state index < -0.39 is 0 Å². The summed E-state index contributed by atoms with van der Waals surface area (Å²) in [6.45, 7) is 0. The molecule has 2 aromatic heterocycles. The summed E-state index contributed by atoms with van der Waals surface area (Å²) in [4.78, 5) is 4.81. The molecule has 4 heteroatoms. The summed E-state index contributed by atoms with van der Waals surface area (Å²) in [6.07, 6.45) is 5.28. The van der Waals surface area contributed by atoms with E-state index in [2.05, 4.69) is 49.4 Å². The predicted molar refractivity (Wildman–Crippen MR) is 83.8 cm³/mol. The van der Waals surface area contributed by atoms with E-state index in [1.54, 1.807) is 10.4 Å². The Kier molecular flexibility index (Phi) is 3.76. The maximum absolute atomic E-state index is 3.84. The highest BCUT2D eigenvalue weighted by atomic mass is 79.9. The van der Waals surface area contributed by atoms with Crippen molar-refractivity contribution in [2.75, 3.05) is 0 Å². The van der Waals surface area contributed by atoms with Gasteiger partial charge in [-0.05, 0) is 64.7 Å². The van der Waals surface area contributed by atoms with Crippen LogP contribution in [0.3, 0.4) is 0 Å². The molecule has 0 saturated carbocycles. The molecule has 0 radical (unpaired) electrons. The summed E-state index contributed by atoms with van der Waals surface area (Å²) in [7, 11) is 0. The van der Waals surface area contributed by atoms with Crippen molar-refractivity contribution in [3.63, 3.8) is 0 Å². The molecule has 1 aliphatic rings. The first kappa shape index (κ1) is 12.4. The fourth-order valence-electron chi connectivity index (χ4n) is 2.25. The van der Waals surface area contributed by atoms with Crippen molar-refractivity contribution in [2.45, 2.75) is 30.5 Å². The first-order valence-corrected chi connectivity index (χ1v) is 9.14. The standard InChI is InChI=1S/C13H12Br2S2/c14-9-5-6-16-13(9)12(15)11-7-8-3-1-2-4-10(8)17-11/h5-7,12H,1-4H2. The SMILES string of the molecule is Brc1ccsc1C(Br)c1cc2c(s1)CCCC2. The zero-order valence-corrected chi connectivity index (χ0v) is 14.0. The van der Waals surface area contributed by atoms with Crippen LogP contribution in [0.4, 0.5) is 0 Å². The summed E-state index contributed by atoms with van der Waals surface area (Å²) in [5, 5.41) is 2.14. The van der Waals surface area contributed by atoms with Gasteiger partial charge in [0.1, 0.15) is 0 Å². The van der Waals surface area contributed by atoms with Gasteiger partial charge in [-0.3, -0.25) is 0 Å². The Morgan fingerprint density at radius 3 is 2.76 bits per heavy atom. The highest BCUT2D eigenvalue weighted by Gasteiger charge is 2.20. The van der Waals surface area contributed by atoms with Crippen LogP contribution in [0.5, 0.6) is 0 Å². The summed E-state index contributed by atoms with van der Waals surface area (Å²) in [5.41, 5.74) is 1.59. The number of thiophene rings is 2. The Bertz CT molecular complexity index is 504. The summed E-state index contributed by atoms with van der Waals surface area (Å²) in [6, 6.07) is 4.53. The van der Waals surface area contributed by atoms with Crippen LogP contribution in [0.2, 0.25) is 0 Å². The molecule has 2 heterocycles. The average Bonchev–Trinajstić information content (AvgIpc) is 2.93. The molecule has 17 heavy (non-hydrogen) atoms. The molecule has 0 saturated heterocycles. The van der Waals surface area contributed by atoms with E-state index in [9.17, 15) is 0 Å². The van der Waals surface area contributed by atoms with Gasteiger partial charge in [0.15, 0.2) is 0 Å². The van der Waals surface area contributed by atoms with E-state index in [0.29, 0.717) is 4.83 Å². The Morgan fingerprint density at radius 1 is 1.24 bits per heavy atom. The summed E-state index contributed by atoms with van der Waals surface area (Å²) >= 11 is 11.3. The molecule has 3 rings (SSSR count). The number of fused-ring (bicyclic) bond motifs is 1. The lowest BCUT2D eigenvalue weighted by Crippen LogP contribution is -1.96. The second-order valence-electron chi connectivity index (χ2n) is 4.30. The van der Waals surface area contributed by atoms with Gasteiger partial charge in [-0.2, -0.15) is 0 Å². The molecule has 0 spiro atoms. The minimum absolute atomic E-state index is 0.354. The Hall–Kier alpha value is 0.360. The van der Waals surface area contributed by atoms with Crippen LogP contribution >= 0.6 is 54.5 Å². The molecule has 2 aromatic rings. The van der Waals surface area contributed by atoms with Crippen molar-refractivity contribution in [3.8, 4) is 0 Å². The van der Waals surface area contributed by atoms with E-state index in [1.807, 2.05) is 22.7 Å². The van der Waals surface area contributed by atoms with Crippen molar-refractivity contribution in [1.82, 2.24) is 0 Å². The minimum Gasteiger partial charge on any atom is -0.146 e. The number of hydrogen-bond acceptors (Lipinski definition) is 2. The van der Waals surface area contributed by atoms with Gasteiger partial charge in [-0.25, -0.2) is 0 Å². The third kappa shape index (κ3) is 2.42. The number of hydrogen-bond donors (Lipinski definition) is 0. The largest absolute Gasteiger partial charge is 0.146 e. The molecule has 0 N–H and O–H groups in total. The third-order valence-corrected chi connectivity index (χ3v) is 7.94. The van der Waals surface area contributed by atoms with Gasteiger partial charge in [-0.1, -0.05) is 15.9 Å². The van der Waals surface area contributed by atoms with Crippen molar-refractivity contribution in [1.29, 1.82) is 0 Å². The third-order valence-electron chi connectivity index (χ3n) is 3.14. The van der Waals surface area contributed by atoms with Crippen molar-refractivity contribution in [3.05, 3.63) is 42.2 Å². The van der Waals surface area contributed by atoms with Gasteiger partial charge in [0.05, 0.1) is 4.83 Å². The molecule has 1 atom stereocenters.